The van der Waals surface area contributed by atoms with Crippen LogP contribution in [0.15, 0.2) is 30.3 Å². The number of carbonyl (C=O) groups is 1. The largest absolute Gasteiger partial charge is 0.453 e. The zero-order valence-electron chi connectivity index (χ0n) is 9.41. The maximum atomic E-state index is 11.0. The number of hydrogen-bond donors (Lipinski definition) is 1. The van der Waals surface area contributed by atoms with Crippen LogP contribution in [0.1, 0.15) is 19.4 Å². The molecular weight excluding hydrogens is 190 g/mol. The number of alkyl carbamates (subject to hydrolysis) is 1. The Balaban J connectivity index is 2.63. The third-order valence-corrected chi connectivity index (χ3v) is 2.42. The number of amides is 1. The summed E-state index contributed by atoms with van der Waals surface area (Å²) in [6.45, 7) is 4.72. The molecule has 1 aromatic carbocycles. The third kappa shape index (κ3) is 3.27. The Morgan fingerprint density at radius 1 is 1.33 bits per heavy atom. The molecule has 3 nitrogen and oxygen atoms in total. The summed E-state index contributed by atoms with van der Waals surface area (Å²) in [6.07, 6.45) is -0.390. The number of rotatable bonds is 3. The number of carbonyl (C=O) groups excluding carboxylic acids is 1. The van der Waals surface area contributed by atoms with E-state index < -0.39 is 0 Å². The van der Waals surface area contributed by atoms with Crippen molar-refractivity contribution in [1.29, 1.82) is 0 Å². The average Bonchev–Trinajstić information content (AvgIpc) is 2.27. The van der Waals surface area contributed by atoms with E-state index in [1.165, 1.54) is 12.7 Å². The zero-order chi connectivity index (χ0) is 11.3. The van der Waals surface area contributed by atoms with Gasteiger partial charge in [0, 0.05) is 12.0 Å². The normalized spacial score (nSPS) is 10.9. The molecule has 82 valence electrons. The SMILES string of the molecule is COC(=O)NCC(C)(C)c1ccccc1. The Bertz CT molecular complexity index is 320. The van der Waals surface area contributed by atoms with Crippen LogP contribution < -0.4 is 5.32 Å². The van der Waals surface area contributed by atoms with E-state index in [1.54, 1.807) is 0 Å². The summed E-state index contributed by atoms with van der Waals surface area (Å²) >= 11 is 0. The van der Waals surface area contributed by atoms with Crippen LogP contribution in [0.4, 0.5) is 4.79 Å². The van der Waals surface area contributed by atoms with Crippen molar-refractivity contribution in [2.24, 2.45) is 0 Å². The summed E-state index contributed by atoms with van der Waals surface area (Å²) in [5.74, 6) is 0. The average molecular weight is 207 g/mol. The van der Waals surface area contributed by atoms with Gasteiger partial charge in [0.05, 0.1) is 7.11 Å². The van der Waals surface area contributed by atoms with Gasteiger partial charge >= 0.3 is 6.09 Å². The maximum Gasteiger partial charge on any atom is 0.406 e. The Morgan fingerprint density at radius 3 is 2.47 bits per heavy atom. The van der Waals surface area contributed by atoms with Crippen LogP contribution in [0.3, 0.4) is 0 Å². The molecule has 0 aromatic heterocycles. The Hall–Kier alpha value is -1.51. The van der Waals surface area contributed by atoms with Crippen LogP contribution >= 0.6 is 0 Å². The van der Waals surface area contributed by atoms with Gasteiger partial charge in [0.15, 0.2) is 0 Å². The van der Waals surface area contributed by atoms with Crippen molar-refractivity contribution >= 4 is 6.09 Å². The first-order valence-electron chi connectivity index (χ1n) is 4.93. The van der Waals surface area contributed by atoms with Gasteiger partial charge in [0.1, 0.15) is 0 Å². The van der Waals surface area contributed by atoms with E-state index in [0.717, 1.165) is 0 Å². The molecule has 0 bridgehead atoms. The molecule has 0 spiro atoms. The molecule has 1 rings (SSSR count). The minimum Gasteiger partial charge on any atom is -0.453 e. The molecular formula is C12H17NO2. The highest BCUT2D eigenvalue weighted by molar-refractivity contribution is 5.67. The number of ether oxygens (including phenoxy) is 1. The Kier molecular flexibility index (Phi) is 3.72. The van der Waals surface area contributed by atoms with Crippen LogP contribution in [0.25, 0.3) is 0 Å². The van der Waals surface area contributed by atoms with E-state index in [2.05, 4.69) is 36.0 Å². The molecule has 0 fully saturated rings. The molecule has 3 heteroatoms. The van der Waals surface area contributed by atoms with E-state index in [4.69, 9.17) is 0 Å². The highest BCUT2D eigenvalue weighted by atomic mass is 16.5. The van der Waals surface area contributed by atoms with Crippen molar-refractivity contribution < 1.29 is 9.53 Å². The van der Waals surface area contributed by atoms with Gasteiger partial charge in [0.2, 0.25) is 0 Å². The Labute approximate surface area is 90.4 Å². The summed E-state index contributed by atoms with van der Waals surface area (Å²) < 4.78 is 4.53. The molecule has 0 aliphatic heterocycles. The molecule has 0 atom stereocenters. The number of nitrogens with one attached hydrogen (secondary N) is 1. The standard InChI is InChI=1S/C12H17NO2/c1-12(2,9-13-11(14)15-3)10-7-5-4-6-8-10/h4-8H,9H2,1-3H3,(H,13,14). The lowest BCUT2D eigenvalue weighted by Crippen LogP contribution is -2.36. The van der Waals surface area contributed by atoms with Gasteiger partial charge in [-0.3, -0.25) is 0 Å². The molecule has 0 heterocycles. The number of methoxy groups -OCH3 is 1. The van der Waals surface area contributed by atoms with Gasteiger partial charge in [-0.1, -0.05) is 44.2 Å². The lowest BCUT2D eigenvalue weighted by molar-refractivity contribution is 0.168. The quantitative estimate of drug-likeness (QED) is 0.826. The molecule has 0 saturated carbocycles. The Morgan fingerprint density at radius 2 is 1.93 bits per heavy atom. The van der Waals surface area contributed by atoms with Crippen LogP contribution in [0.5, 0.6) is 0 Å². The first kappa shape index (κ1) is 11.6. The van der Waals surface area contributed by atoms with E-state index in [1.807, 2.05) is 18.2 Å². The zero-order valence-corrected chi connectivity index (χ0v) is 9.41. The van der Waals surface area contributed by atoms with E-state index in [9.17, 15) is 4.79 Å². The van der Waals surface area contributed by atoms with Crippen LogP contribution in [0.2, 0.25) is 0 Å². The summed E-state index contributed by atoms with van der Waals surface area (Å²) in [5.41, 5.74) is 1.11. The molecule has 0 aliphatic rings. The van der Waals surface area contributed by atoms with Crippen molar-refractivity contribution in [3.05, 3.63) is 35.9 Å². The minimum absolute atomic E-state index is 0.0878. The topological polar surface area (TPSA) is 38.3 Å². The predicted molar refractivity (Wildman–Crippen MR) is 59.9 cm³/mol. The molecule has 0 unspecified atom stereocenters. The molecule has 0 radical (unpaired) electrons. The van der Waals surface area contributed by atoms with E-state index in [0.29, 0.717) is 6.54 Å². The van der Waals surface area contributed by atoms with E-state index >= 15 is 0 Å². The first-order chi connectivity index (χ1) is 7.06. The van der Waals surface area contributed by atoms with Crippen molar-refractivity contribution in [3.8, 4) is 0 Å². The molecule has 0 saturated heterocycles. The van der Waals surface area contributed by atoms with Gasteiger partial charge in [-0.15, -0.1) is 0 Å². The molecule has 1 N–H and O–H groups in total. The second-order valence-corrected chi connectivity index (χ2v) is 4.10. The fourth-order valence-electron chi connectivity index (χ4n) is 1.36. The van der Waals surface area contributed by atoms with E-state index in [-0.39, 0.29) is 11.5 Å². The summed E-state index contributed by atoms with van der Waals surface area (Å²) in [7, 11) is 1.37. The monoisotopic (exact) mass is 207 g/mol. The fourth-order valence-corrected chi connectivity index (χ4v) is 1.36. The van der Waals surface area contributed by atoms with Crippen LogP contribution in [-0.2, 0) is 10.2 Å². The summed E-state index contributed by atoms with van der Waals surface area (Å²) in [5, 5.41) is 2.71. The highest BCUT2D eigenvalue weighted by Crippen LogP contribution is 2.21. The number of hydrogen-bond acceptors (Lipinski definition) is 2. The maximum absolute atomic E-state index is 11.0. The van der Waals surface area contributed by atoms with Crippen molar-refractivity contribution in [1.82, 2.24) is 5.32 Å². The van der Waals surface area contributed by atoms with Crippen LogP contribution in [0, 0.1) is 0 Å². The lowest BCUT2D eigenvalue weighted by Gasteiger charge is -2.25. The predicted octanol–water partition coefficient (Wildman–Crippen LogP) is 2.32. The molecule has 1 amide bonds. The van der Waals surface area contributed by atoms with Crippen molar-refractivity contribution in [2.75, 3.05) is 13.7 Å². The third-order valence-electron chi connectivity index (χ3n) is 2.42. The van der Waals surface area contributed by atoms with Gasteiger partial charge in [0.25, 0.3) is 0 Å². The van der Waals surface area contributed by atoms with Crippen LogP contribution in [-0.4, -0.2) is 19.7 Å². The molecule has 0 aliphatic carbocycles. The molecule has 15 heavy (non-hydrogen) atoms. The second kappa shape index (κ2) is 4.82. The highest BCUT2D eigenvalue weighted by Gasteiger charge is 2.20. The minimum atomic E-state index is -0.390. The van der Waals surface area contributed by atoms with Gasteiger partial charge in [-0.2, -0.15) is 0 Å². The lowest BCUT2D eigenvalue weighted by atomic mass is 9.85. The summed E-state index contributed by atoms with van der Waals surface area (Å²) in [6, 6.07) is 10.1. The molecule has 1 aromatic rings. The smallest absolute Gasteiger partial charge is 0.406 e. The number of benzene rings is 1. The second-order valence-electron chi connectivity index (χ2n) is 4.10. The van der Waals surface area contributed by atoms with Gasteiger partial charge in [-0.05, 0) is 5.56 Å². The van der Waals surface area contributed by atoms with Gasteiger partial charge < -0.3 is 10.1 Å². The summed E-state index contributed by atoms with van der Waals surface area (Å²) in [4.78, 5) is 11.0. The van der Waals surface area contributed by atoms with Crippen molar-refractivity contribution in [2.45, 2.75) is 19.3 Å². The first-order valence-corrected chi connectivity index (χ1v) is 4.93. The fraction of sp³-hybridized carbons (Fsp3) is 0.417. The van der Waals surface area contributed by atoms with Gasteiger partial charge in [-0.25, -0.2) is 4.79 Å². The van der Waals surface area contributed by atoms with Crippen molar-refractivity contribution in [3.63, 3.8) is 0 Å².